The molecule has 0 spiro atoms. The molecule has 4 aromatic carbocycles. The van der Waals surface area contributed by atoms with Gasteiger partial charge in [0.1, 0.15) is 5.78 Å². The Balaban J connectivity index is 1.57. The fourth-order valence-electron chi connectivity index (χ4n) is 6.67. The van der Waals surface area contributed by atoms with Gasteiger partial charge in [0.15, 0.2) is 0 Å². The fraction of sp³-hybridized carbons (Fsp3) is 0.206. The number of nitrogens with zero attached hydrogens (tertiary/aromatic N) is 1. The molecule has 1 aliphatic rings. The lowest BCUT2D eigenvalue weighted by Gasteiger charge is -2.33. The molecule has 2 heteroatoms. The molecule has 0 N–H and O–H groups in total. The number of ketones is 1. The van der Waals surface area contributed by atoms with E-state index >= 15 is 0 Å². The van der Waals surface area contributed by atoms with E-state index in [0.29, 0.717) is 5.78 Å². The lowest BCUT2D eigenvalue weighted by molar-refractivity contribution is -0.124. The zero-order valence-electron chi connectivity index (χ0n) is 20.8. The van der Waals surface area contributed by atoms with Gasteiger partial charge >= 0.3 is 0 Å². The molecule has 1 aliphatic carbocycles. The van der Waals surface area contributed by atoms with E-state index in [2.05, 4.69) is 140 Å². The summed E-state index contributed by atoms with van der Waals surface area (Å²) in [5, 5.41) is 1.17. The third-order valence-electron chi connectivity index (χ3n) is 8.33. The van der Waals surface area contributed by atoms with Crippen LogP contribution in [0.25, 0.3) is 10.9 Å². The summed E-state index contributed by atoms with van der Waals surface area (Å²) in [6.07, 6.45) is 2.26. The van der Waals surface area contributed by atoms with Crippen LogP contribution in [0.3, 0.4) is 0 Å². The number of benzene rings is 4. The molecule has 0 radical (unpaired) electrons. The zero-order chi connectivity index (χ0) is 24.7. The summed E-state index contributed by atoms with van der Waals surface area (Å²) in [4.78, 5) is 14.4. The van der Waals surface area contributed by atoms with E-state index in [9.17, 15) is 4.79 Å². The van der Waals surface area contributed by atoms with Crippen molar-refractivity contribution in [2.45, 2.75) is 37.6 Å². The van der Waals surface area contributed by atoms with Crippen molar-refractivity contribution in [1.82, 2.24) is 4.57 Å². The standard InChI is InChI=1S/C34H31NO/c1-24-31(26-16-8-4-9-17-26)32(27-18-10-5-11-19-27)34(2,33(24)36)29-23-35(22-25-14-6-3-7-15-25)30-21-13-12-20-28(29)30/h3-21,23-24,31-32H,22H2,1-2H3/t24-,31+,32+,34-/m1/s1. The molecular weight excluding hydrogens is 438 g/mol. The van der Waals surface area contributed by atoms with E-state index < -0.39 is 5.41 Å². The summed E-state index contributed by atoms with van der Waals surface area (Å²) in [5.74, 6) is 0.397. The minimum atomic E-state index is -0.650. The molecule has 1 fully saturated rings. The van der Waals surface area contributed by atoms with Crippen LogP contribution in [0, 0.1) is 5.92 Å². The minimum absolute atomic E-state index is 0.0413. The smallest absolute Gasteiger partial charge is 0.147 e. The van der Waals surface area contributed by atoms with Crippen molar-refractivity contribution in [3.05, 3.63) is 144 Å². The van der Waals surface area contributed by atoms with E-state index in [1.165, 1.54) is 27.6 Å². The molecule has 0 amide bonds. The Hall–Kier alpha value is -3.91. The molecule has 1 heterocycles. The predicted octanol–water partition coefficient (Wildman–Crippen LogP) is 7.73. The van der Waals surface area contributed by atoms with Crippen LogP contribution in [0.4, 0.5) is 0 Å². The highest BCUT2D eigenvalue weighted by Gasteiger charge is 2.58. The van der Waals surface area contributed by atoms with Crippen molar-refractivity contribution in [2.75, 3.05) is 0 Å². The first-order valence-corrected chi connectivity index (χ1v) is 12.9. The Morgan fingerprint density at radius 1 is 0.722 bits per heavy atom. The third kappa shape index (κ3) is 3.52. The third-order valence-corrected chi connectivity index (χ3v) is 8.33. The van der Waals surface area contributed by atoms with E-state index in [-0.39, 0.29) is 17.8 Å². The minimum Gasteiger partial charge on any atom is -0.343 e. The average molecular weight is 470 g/mol. The number of carbonyl (C=O) groups excluding carboxylic acids is 1. The molecule has 2 nitrogen and oxygen atoms in total. The number of para-hydroxylation sites is 1. The fourth-order valence-corrected chi connectivity index (χ4v) is 6.67. The topological polar surface area (TPSA) is 22.0 Å². The Morgan fingerprint density at radius 3 is 1.94 bits per heavy atom. The normalized spacial score (nSPS) is 23.8. The molecular formula is C34H31NO. The van der Waals surface area contributed by atoms with Gasteiger partial charge in [-0.1, -0.05) is 116 Å². The molecule has 0 bridgehead atoms. The Kier molecular flexibility index (Phi) is 5.60. The summed E-state index contributed by atoms with van der Waals surface area (Å²) in [7, 11) is 0. The number of hydrogen-bond donors (Lipinski definition) is 0. The van der Waals surface area contributed by atoms with Crippen LogP contribution in [0.15, 0.2) is 121 Å². The molecule has 178 valence electrons. The molecule has 1 saturated carbocycles. The van der Waals surface area contributed by atoms with Gasteiger partial charge in [0, 0.05) is 41.4 Å². The highest BCUT2D eigenvalue weighted by atomic mass is 16.1. The lowest BCUT2D eigenvalue weighted by Crippen LogP contribution is -2.34. The number of aromatic nitrogens is 1. The highest BCUT2D eigenvalue weighted by molar-refractivity contribution is 6.01. The molecule has 36 heavy (non-hydrogen) atoms. The largest absolute Gasteiger partial charge is 0.343 e. The SMILES string of the molecule is C[C@H]1C(=O)[C@](C)(c2cn(Cc3ccccc3)c3ccccc23)[C@@H](c2ccccc2)[C@@H]1c1ccccc1. The van der Waals surface area contributed by atoms with Gasteiger partial charge in [0.2, 0.25) is 0 Å². The van der Waals surface area contributed by atoms with Crippen LogP contribution in [0.5, 0.6) is 0 Å². The Labute approximate surface area is 213 Å². The van der Waals surface area contributed by atoms with Gasteiger partial charge < -0.3 is 4.57 Å². The van der Waals surface area contributed by atoms with Crippen molar-refractivity contribution in [2.24, 2.45) is 5.92 Å². The van der Waals surface area contributed by atoms with E-state index in [1.54, 1.807) is 0 Å². The maximum absolute atomic E-state index is 14.4. The van der Waals surface area contributed by atoms with Gasteiger partial charge in [-0.05, 0) is 35.2 Å². The number of hydrogen-bond acceptors (Lipinski definition) is 1. The number of rotatable bonds is 5. The molecule has 0 unspecified atom stereocenters. The summed E-state index contributed by atoms with van der Waals surface area (Å²) in [6, 6.07) is 40.4. The summed E-state index contributed by atoms with van der Waals surface area (Å²) >= 11 is 0. The van der Waals surface area contributed by atoms with Crippen molar-refractivity contribution < 1.29 is 4.79 Å². The number of Topliss-reactive ketones (excluding diaryl/α,β-unsaturated/α-hetero) is 1. The van der Waals surface area contributed by atoms with E-state index in [4.69, 9.17) is 0 Å². The van der Waals surface area contributed by atoms with Crippen LogP contribution in [-0.4, -0.2) is 10.4 Å². The maximum Gasteiger partial charge on any atom is 0.147 e. The van der Waals surface area contributed by atoms with Gasteiger partial charge in [-0.3, -0.25) is 4.79 Å². The van der Waals surface area contributed by atoms with E-state index in [1.807, 2.05) is 0 Å². The molecule has 0 saturated heterocycles. The van der Waals surface area contributed by atoms with Crippen LogP contribution < -0.4 is 0 Å². The van der Waals surface area contributed by atoms with Crippen LogP contribution >= 0.6 is 0 Å². The van der Waals surface area contributed by atoms with Gasteiger partial charge in [0.25, 0.3) is 0 Å². The number of carbonyl (C=O) groups is 1. The summed E-state index contributed by atoms with van der Waals surface area (Å²) in [5.41, 5.74) is 5.38. The van der Waals surface area contributed by atoms with Crippen molar-refractivity contribution >= 4 is 16.7 Å². The van der Waals surface area contributed by atoms with Gasteiger partial charge in [-0.15, -0.1) is 0 Å². The van der Waals surface area contributed by atoms with E-state index in [0.717, 1.165) is 12.1 Å². The second-order valence-electron chi connectivity index (χ2n) is 10.4. The van der Waals surface area contributed by atoms with Crippen molar-refractivity contribution in [1.29, 1.82) is 0 Å². The van der Waals surface area contributed by atoms with Crippen LogP contribution in [0.1, 0.15) is 47.9 Å². The maximum atomic E-state index is 14.4. The van der Waals surface area contributed by atoms with Crippen LogP contribution in [-0.2, 0) is 16.8 Å². The monoisotopic (exact) mass is 469 g/mol. The highest BCUT2D eigenvalue weighted by Crippen LogP contribution is 2.59. The first-order valence-electron chi connectivity index (χ1n) is 12.9. The Morgan fingerprint density at radius 2 is 1.28 bits per heavy atom. The quantitative estimate of drug-likeness (QED) is 0.258. The van der Waals surface area contributed by atoms with Gasteiger partial charge in [0.05, 0.1) is 5.41 Å². The molecule has 1 aromatic heterocycles. The van der Waals surface area contributed by atoms with Gasteiger partial charge in [-0.2, -0.15) is 0 Å². The molecule has 6 rings (SSSR count). The number of fused-ring (bicyclic) bond motifs is 1. The lowest BCUT2D eigenvalue weighted by atomic mass is 9.67. The molecule has 5 aromatic rings. The second-order valence-corrected chi connectivity index (χ2v) is 10.4. The predicted molar refractivity (Wildman–Crippen MR) is 147 cm³/mol. The Bertz CT molecular complexity index is 1500. The second kappa shape index (κ2) is 8.95. The molecule has 0 aliphatic heterocycles. The summed E-state index contributed by atoms with van der Waals surface area (Å²) in [6.45, 7) is 5.10. The summed E-state index contributed by atoms with van der Waals surface area (Å²) < 4.78 is 2.32. The van der Waals surface area contributed by atoms with Crippen molar-refractivity contribution in [3.63, 3.8) is 0 Å². The zero-order valence-corrected chi connectivity index (χ0v) is 20.8. The average Bonchev–Trinajstić information content (AvgIpc) is 3.39. The van der Waals surface area contributed by atoms with Crippen LogP contribution in [0.2, 0.25) is 0 Å². The van der Waals surface area contributed by atoms with Gasteiger partial charge in [-0.25, -0.2) is 0 Å². The first-order chi connectivity index (χ1) is 17.6. The van der Waals surface area contributed by atoms with Crippen molar-refractivity contribution in [3.8, 4) is 0 Å². The first kappa shape index (κ1) is 22.5. The molecule has 4 atom stereocenters.